The van der Waals surface area contributed by atoms with Gasteiger partial charge in [-0.25, -0.2) is 14.8 Å². The molecule has 0 atom stereocenters. The summed E-state index contributed by atoms with van der Waals surface area (Å²) in [6, 6.07) is 12.5. The highest BCUT2D eigenvalue weighted by molar-refractivity contribution is 9.10. The lowest BCUT2D eigenvalue weighted by Crippen LogP contribution is -2.00. The number of methoxy groups -OCH3 is 1. The van der Waals surface area contributed by atoms with Gasteiger partial charge >= 0.3 is 5.97 Å². The van der Waals surface area contributed by atoms with E-state index in [0.717, 1.165) is 15.5 Å². The summed E-state index contributed by atoms with van der Waals surface area (Å²) in [4.78, 5) is 20.2. The molecule has 0 aliphatic heterocycles. The second-order valence-corrected chi connectivity index (χ2v) is 6.71. The minimum Gasteiger partial charge on any atom is -0.493 e. The van der Waals surface area contributed by atoms with Crippen molar-refractivity contribution in [2.45, 2.75) is 0 Å². The summed E-state index contributed by atoms with van der Waals surface area (Å²) in [6.45, 7) is 0. The molecule has 27 heavy (non-hydrogen) atoms. The van der Waals surface area contributed by atoms with E-state index >= 15 is 0 Å². The molecule has 2 heterocycles. The molecule has 4 rings (SSSR count). The van der Waals surface area contributed by atoms with Gasteiger partial charge in [-0.2, -0.15) is 0 Å². The maximum Gasteiger partial charge on any atom is 0.335 e. The molecule has 0 bridgehead atoms. The molecule has 0 saturated heterocycles. The molecule has 4 aromatic rings. The number of carboxylic acid groups (broad SMARTS) is 1. The molecular weight excluding hydrogens is 410 g/mol. The molecule has 0 radical (unpaired) electrons. The first-order valence-corrected chi connectivity index (χ1v) is 8.87. The van der Waals surface area contributed by atoms with E-state index in [0.29, 0.717) is 22.5 Å². The highest BCUT2D eigenvalue weighted by Gasteiger charge is 2.15. The van der Waals surface area contributed by atoms with E-state index in [1.807, 2.05) is 35.0 Å². The van der Waals surface area contributed by atoms with Crippen LogP contribution in [0.4, 0.5) is 0 Å². The highest BCUT2D eigenvalue weighted by Crippen LogP contribution is 2.37. The molecule has 134 valence electrons. The Labute approximate surface area is 163 Å². The third-order valence-corrected chi connectivity index (χ3v) is 4.88. The van der Waals surface area contributed by atoms with Crippen LogP contribution in [0, 0.1) is 0 Å². The van der Waals surface area contributed by atoms with Crippen LogP contribution in [0.3, 0.4) is 0 Å². The van der Waals surface area contributed by atoms with Crippen LogP contribution in [0.25, 0.3) is 27.8 Å². The maximum atomic E-state index is 11.3. The van der Waals surface area contributed by atoms with Crippen molar-refractivity contribution in [2.24, 2.45) is 0 Å². The summed E-state index contributed by atoms with van der Waals surface area (Å²) in [6.07, 6.45) is 5.26. The normalized spacial score (nSPS) is 10.9. The van der Waals surface area contributed by atoms with Gasteiger partial charge in [0.1, 0.15) is 5.52 Å². The van der Waals surface area contributed by atoms with Crippen molar-refractivity contribution in [2.75, 3.05) is 7.11 Å². The zero-order chi connectivity index (χ0) is 19.0. The van der Waals surface area contributed by atoms with Crippen LogP contribution < -0.4 is 4.74 Å². The van der Waals surface area contributed by atoms with Gasteiger partial charge in [0.2, 0.25) is 0 Å². The van der Waals surface area contributed by atoms with Crippen LogP contribution in [-0.4, -0.2) is 32.7 Å². The van der Waals surface area contributed by atoms with Crippen LogP contribution in [-0.2, 0) is 0 Å². The maximum absolute atomic E-state index is 11.3. The van der Waals surface area contributed by atoms with Crippen LogP contribution in [0.5, 0.6) is 5.75 Å². The monoisotopic (exact) mass is 423 g/mol. The smallest absolute Gasteiger partial charge is 0.335 e. The summed E-state index contributed by atoms with van der Waals surface area (Å²) in [5, 5.41) is 10.2. The fourth-order valence-corrected chi connectivity index (χ4v) is 3.47. The lowest BCUT2D eigenvalue weighted by Gasteiger charge is -2.14. The summed E-state index contributed by atoms with van der Waals surface area (Å²) in [7, 11) is 1.59. The van der Waals surface area contributed by atoms with E-state index in [9.17, 15) is 9.90 Å². The number of halogens is 1. The number of ether oxygens (including phenoxy) is 1. The number of hydrogen-bond donors (Lipinski definition) is 1. The Morgan fingerprint density at radius 2 is 2.07 bits per heavy atom. The fourth-order valence-electron chi connectivity index (χ4n) is 2.99. The number of nitrogens with zero attached hydrogens (tertiary/aromatic N) is 3. The first kappa shape index (κ1) is 17.2. The molecule has 0 spiro atoms. The van der Waals surface area contributed by atoms with Crippen molar-refractivity contribution in [3.63, 3.8) is 0 Å². The Hall–Kier alpha value is -3.19. The Balaban J connectivity index is 2.05. The predicted octanol–water partition coefficient (Wildman–Crippen LogP) is 4.56. The number of pyridine rings is 1. The van der Waals surface area contributed by atoms with Gasteiger partial charge in [-0.3, -0.25) is 0 Å². The largest absolute Gasteiger partial charge is 0.493 e. The molecule has 0 aliphatic carbocycles. The van der Waals surface area contributed by atoms with Crippen molar-refractivity contribution >= 4 is 32.8 Å². The number of rotatable bonds is 4. The second-order valence-electron chi connectivity index (χ2n) is 5.86. The standard InChI is InChI=1S/C20H14BrN3O3/c1-27-19-15(21)6-5-14-17(24-8-7-22-11-24)10-16(23-18(14)19)12-3-2-4-13(9-12)20(25)26/h2-11H,1H3,(H,25,26). The number of aromatic nitrogens is 3. The quantitative estimate of drug-likeness (QED) is 0.520. The van der Waals surface area contributed by atoms with Crippen molar-refractivity contribution in [1.82, 2.24) is 14.5 Å². The van der Waals surface area contributed by atoms with Crippen molar-refractivity contribution in [1.29, 1.82) is 0 Å². The van der Waals surface area contributed by atoms with E-state index in [1.165, 1.54) is 0 Å². The molecule has 0 unspecified atom stereocenters. The van der Waals surface area contributed by atoms with E-state index in [4.69, 9.17) is 9.72 Å². The van der Waals surface area contributed by atoms with Gasteiger partial charge in [0.25, 0.3) is 0 Å². The lowest BCUT2D eigenvalue weighted by molar-refractivity contribution is 0.0697. The van der Waals surface area contributed by atoms with E-state index in [1.54, 1.807) is 37.8 Å². The fraction of sp³-hybridized carbons (Fsp3) is 0.0500. The predicted molar refractivity (Wildman–Crippen MR) is 106 cm³/mol. The summed E-state index contributed by atoms with van der Waals surface area (Å²) < 4.78 is 8.24. The zero-order valence-electron chi connectivity index (χ0n) is 14.3. The van der Waals surface area contributed by atoms with Crippen LogP contribution in [0.2, 0.25) is 0 Å². The van der Waals surface area contributed by atoms with E-state index in [2.05, 4.69) is 20.9 Å². The second kappa shape index (κ2) is 6.85. The summed E-state index contributed by atoms with van der Waals surface area (Å²) in [5.74, 6) is -0.363. The minimum atomic E-state index is -0.979. The number of aromatic carboxylic acids is 1. The molecule has 7 heteroatoms. The van der Waals surface area contributed by atoms with Crippen molar-refractivity contribution in [3.05, 3.63) is 71.2 Å². The van der Waals surface area contributed by atoms with Gasteiger partial charge in [0.05, 0.1) is 34.9 Å². The average Bonchev–Trinajstić information content (AvgIpc) is 3.21. The van der Waals surface area contributed by atoms with Crippen molar-refractivity contribution in [3.8, 4) is 22.7 Å². The van der Waals surface area contributed by atoms with Crippen LogP contribution in [0.15, 0.2) is 65.7 Å². The topological polar surface area (TPSA) is 77.2 Å². The molecule has 0 saturated carbocycles. The third kappa shape index (κ3) is 3.06. The van der Waals surface area contributed by atoms with Crippen LogP contribution in [0.1, 0.15) is 10.4 Å². The lowest BCUT2D eigenvalue weighted by atomic mass is 10.0. The van der Waals surface area contributed by atoms with Gasteiger partial charge in [-0.05, 0) is 46.3 Å². The molecule has 6 nitrogen and oxygen atoms in total. The molecule has 0 fully saturated rings. The van der Waals surface area contributed by atoms with Crippen LogP contribution >= 0.6 is 15.9 Å². The average molecular weight is 424 g/mol. The van der Waals surface area contributed by atoms with Gasteiger partial charge in [0, 0.05) is 23.3 Å². The number of carboxylic acids is 1. The zero-order valence-corrected chi connectivity index (χ0v) is 15.8. The molecule has 2 aromatic heterocycles. The Bertz CT molecular complexity index is 1160. The molecule has 0 amide bonds. The van der Waals surface area contributed by atoms with Gasteiger partial charge in [-0.15, -0.1) is 0 Å². The van der Waals surface area contributed by atoms with Crippen molar-refractivity contribution < 1.29 is 14.6 Å². The first-order chi connectivity index (χ1) is 13.1. The molecule has 0 aliphatic rings. The Kier molecular flexibility index (Phi) is 4.37. The SMILES string of the molecule is COc1c(Br)ccc2c(-n3ccnc3)cc(-c3cccc(C(=O)O)c3)nc12. The Morgan fingerprint density at radius 3 is 2.78 bits per heavy atom. The van der Waals surface area contributed by atoms with E-state index < -0.39 is 5.97 Å². The number of imidazole rings is 1. The van der Waals surface area contributed by atoms with Gasteiger partial charge in [-0.1, -0.05) is 12.1 Å². The third-order valence-electron chi connectivity index (χ3n) is 4.26. The first-order valence-electron chi connectivity index (χ1n) is 8.08. The van der Waals surface area contributed by atoms with Gasteiger partial charge < -0.3 is 14.4 Å². The summed E-state index contributed by atoms with van der Waals surface area (Å²) >= 11 is 3.50. The number of benzene rings is 2. The molecular formula is C20H14BrN3O3. The minimum absolute atomic E-state index is 0.208. The summed E-state index contributed by atoms with van der Waals surface area (Å²) in [5.41, 5.74) is 3.11. The number of carbonyl (C=O) groups is 1. The number of fused-ring (bicyclic) bond motifs is 1. The highest BCUT2D eigenvalue weighted by atomic mass is 79.9. The Morgan fingerprint density at radius 1 is 1.22 bits per heavy atom. The van der Waals surface area contributed by atoms with E-state index in [-0.39, 0.29) is 5.56 Å². The molecule has 1 N–H and O–H groups in total. The number of hydrogen-bond acceptors (Lipinski definition) is 4. The van der Waals surface area contributed by atoms with Gasteiger partial charge in [0.15, 0.2) is 5.75 Å². The molecule has 2 aromatic carbocycles.